The summed E-state index contributed by atoms with van der Waals surface area (Å²) < 4.78 is 5.87. The van der Waals surface area contributed by atoms with Gasteiger partial charge in [-0.15, -0.1) is 0 Å². The lowest BCUT2D eigenvalue weighted by Gasteiger charge is -2.28. The van der Waals surface area contributed by atoms with Gasteiger partial charge in [0.2, 0.25) is 0 Å². The molecule has 2 heterocycles. The Morgan fingerprint density at radius 2 is 1.86 bits per heavy atom. The number of ether oxygens (including phenoxy) is 1. The van der Waals surface area contributed by atoms with Crippen molar-refractivity contribution in [1.82, 2.24) is 15.1 Å². The highest BCUT2D eigenvalue weighted by Crippen LogP contribution is 2.17. The second-order valence-corrected chi connectivity index (χ2v) is 6.02. The summed E-state index contributed by atoms with van der Waals surface area (Å²) in [5, 5.41) is 3.26. The summed E-state index contributed by atoms with van der Waals surface area (Å²) in [7, 11) is 0. The molecule has 2 aliphatic rings. The average molecular weight is 303 g/mol. The van der Waals surface area contributed by atoms with Gasteiger partial charge in [0.15, 0.2) is 0 Å². The fourth-order valence-electron chi connectivity index (χ4n) is 3.02. The van der Waals surface area contributed by atoms with Gasteiger partial charge in [-0.2, -0.15) is 0 Å². The molecular formula is C17H25N3O2. The lowest BCUT2D eigenvalue weighted by molar-refractivity contribution is 0.0734. The van der Waals surface area contributed by atoms with E-state index in [0.717, 1.165) is 50.6 Å². The Morgan fingerprint density at radius 1 is 1.09 bits per heavy atom. The summed E-state index contributed by atoms with van der Waals surface area (Å²) in [6.07, 6.45) is 3.83. The number of piperazine rings is 1. The van der Waals surface area contributed by atoms with Crippen molar-refractivity contribution in [2.45, 2.75) is 19.3 Å². The van der Waals surface area contributed by atoms with Crippen LogP contribution in [0.4, 0.5) is 0 Å². The molecule has 0 aromatic heterocycles. The number of amides is 1. The summed E-state index contributed by atoms with van der Waals surface area (Å²) in [5.41, 5.74) is 0.720. The molecule has 3 rings (SSSR count). The zero-order valence-corrected chi connectivity index (χ0v) is 13.1. The monoisotopic (exact) mass is 303 g/mol. The number of piperidine rings is 1. The number of nitrogens with zero attached hydrogens (tertiary/aromatic N) is 2. The maximum Gasteiger partial charge on any atom is 0.254 e. The second-order valence-electron chi connectivity index (χ2n) is 6.02. The third-order valence-electron chi connectivity index (χ3n) is 4.35. The largest absolute Gasteiger partial charge is 0.478 e. The number of hydrogen-bond donors (Lipinski definition) is 1. The lowest BCUT2D eigenvalue weighted by Crippen LogP contribution is -2.46. The maximum absolute atomic E-state index is 12.5. The highest BCUT2D eigenvalue weighted by atomic mass is 16.5. The molecular weight excluding hydrogens is 278 g/mol. The molecule has 0 spiro atoms. The Balaban J connectivity index is 1.58. The summed E-state index contributed by atoms with van der Waals surface area (Å²) in [5.74, 6) is 0.886. The summed E-state index contributed by atoms with van der Waals surface area (Å²) in [4.78, 5) is 16.7. The van der Waals surface area contributed by atoms with E-state index in [9.17, 15) is 4.79 Å². The first-order valence-electron chi connectivity index (χ1n) is 8.28. The van der Waals surface area contributed by atoms with Crippen LogP contribution >= 0.6 is 0 Å². The van der Waals surface area contributed by atoms with Crippen molar-refractivity contribution >= 4 is 5.91 Å². The minimum absolute atomic E-state index is 0.102. The molecule has 1 aromatic carbocycles. The predicted molar refractivity (Wildman–Crippen MR) is 86.1 cm³/mol. The van der Waals surface area contributed by atoms with Crippen molar-refractivity contribution < 1.29 is 9.53 Å². The average Bonchev–Trinajstić information content (AvgIpc) is 2.61. The van der Waals surface area contributed by atoms with E-state index in [1.54, 1.807) is 0 Å². The van der Waals surface area contributed by atoms with Gasteiger partial charge in [0, 0.05) is 44.8 Å². The number of nitrogens with one attached hydrogen (secondary N) is 1. The van der Waals surface area contributed by atoms with Crippen molar-refractivity contribution in [3.05, 3.63) is 29.8 Å². The van der Waals surface area contributed by atoms with Crippen LogP contribution in [0.25, 0.3) is 0 Å². The highest BCUT2D eigenvalue weighted by molar-refractivity contribution is 5.94. The van der Waals surface area contributed by atoms with Gasteiger partial charge in [0.25, 0.3) is 5.91 Å². The fraction of sp³-hybridized carbons (Fsp3) is 0.588. The molecule has 0 bridgehead atoms. The van der Waals surface area contributed by atoms with Crippen molar-refractivity contribution in [3.8, 4) is 5.75 Å². The molecule has 0 atom stereocenters. The topological polar surface area (TPSA) is 44.8 Å². The Labute approximate surface area is 132 Å². The van der Waals surface area contributed by atoms with Gasteiger partial charge < -0.3 is 15.0 Å². The molecule has 120 valence electrons. The molecule has 1 N–H and O–H groups in total. The standard InChI is InChI=1S/C17H25N3O2/c21-17(20-11-7-18-8-12-20)15-5-4-6-16(13-15)22-14-19-9-2-1-3-10-19/h4-6,13,18H,1-3,7-12,14H2. The minimum atomic E-state index is 0.102. The number of hydrogen-bond acceptors (Lipinski definition) is 4. The van der Waals surface area contributed by atoms with Gasteiger partial charge in [-0.05, 0) is 31.0 Å². The first kappa shape index (κ1) is 15.3. The molecule has 2 aliphatic heterocycles. The molecule has 2 saturated heterocycles. The number of rotatable bonds is 4. The smallest absolute Gasteiger partial charge is 0.254 e. The van der Waals surface area contributed by atoms with Crippen LogP contribution < -0.4 is 10.1 Å². The first-order valence-corrected chi connectivity index (χ1v) is 8.28. The van der Waals surface area contributed by atoms with Gasteiger partial charge in [-0.3, -0.25) is 9.69 Å². The zero-order chi connectivity index (χ0) is 15.2. The van der Waals surface area contributed by atoms with Gasteiger partial charge >= 0.3 is 0 Å². The van der Waals surface area contributed by atoms with Crippen LogP contribution in [0.3, 0.4) is 0 Å². The van der Waals surface area contributed by atoms with Crippen LogP contribution in [0.2, 0.25) is 0 Å². The SMILES string of the molecule is O=C(c1cccc(OCN2CCCCC2)c1)N1CCNCC1. The lowest BCUT2D eigenvalue weighted by atomic mass is 10.1. The van der Waals surface area contributed by atoms with E-state index in [1.165, 1.54) is 19.3 Å². The van der Waals surface area contributed by atoms with Gasteiger partial charge in [0.1, 0.15) is 12.5 Å². The van der Waals surface area contributed by atoms with Crippen LogP contribution in [-0.2, 0) is 0 Å². The Kier molecular flexibility index (Phi) is 5.29. The van der Waals surface area contributed by atoms with Crippen molar-refractivity contribution in [2.24, 2.45) is 0 Å². The van der Waals surface area contributed by atoms with Crippen LogP contribution in [0.1, 0.15) is 29.6 Å². The molecule has 22 heavy (non-hydrogen) atoms. The van der Waals surface area contributed by atoms with E-state index in [1.807, 2.05) is 29.2 Å². The molecule has 0 saturated carbocycles. The summed E-state index contributed by atoms with van der Waals surface area (Å²) >= 11 is 0. The normalized spacial score (nSPS) is 19.9. The van der Waals surface area contributed by atoms with E-state index >= 15 is 0 Å². The van der Waals surface area contributed by atoms with Crippen LogP contribution in [0.15, 0.2) is 24.3 Å². The molecule has 0 aliphatic carbocycles. The predicted octanol–water partition coefficient (Wildman–Crippen LogP) is 1.55. The zero-order valence-electron chi connectivity index (χ0n) is 13.1. The van der Waals surface area contributed by atoms with E-state index < -0.39 is 0 Å². The van der Waals surface area contributed by atoms with E-state index in [-0.39, 0.29) is 5.91 Å². The number of carbonyl (C=O) groups excluding carboxylic acids is 1. The molecule has 1 aromatic rings. The quantitative estimate of drug-likeness (QED) is 0.917. The first-order chi connectivity index (χ1) is 10.8. The number of benzene rings is 1. The van der Waals surface area contributed by atoms with Gasteiger partial charge in [-0.25, -0.2) is 0 Å². The number of carbonyl (C=O) groups is 1. The second kappa shape index (κ2) is 7.61. The Morgan fingerprint density at radius 3 is 2.64 bits per heavy atom. The van der Waals surface area contributed by atoms with E-state index in [2.05, 4.69) is 10.2 Å². The molecule has 2 fully saturated rings. The third kappa shape index (κ3) is 3.99. The number of likely N-dealkylation sites (tertiary alicyclic amines) is 1. The summed E-state index contributed by atoms with van der Waals surface area (Å²) in [6, 6.07) is 7.58. The van der Waals surface area contributed by atoms with E-state index in [0.29, 0.717) is 6.73 Å². The van der Waals surface area contributed by atoms with Crippen molar-refractivity contribution in [1.29, 1.82) is 0 Å². The molecule has 1 amide bonds. The van der Waals surface area contributed by atoms with E-state index in [4.69, 9.17) is 4.74 Å². The van der Waals surface area contributed by atoms with Crippen LogP contribution in [-0.4, -0.2) is 61.7 Å². The molecule has 5 nitrogen and oxygen atoms in total. The van der Waals surface area contributed by atoms with Crippen molar-refractivity contribution in [3.63, 3.8) is 0 Å². The van der Waals surface area contributed by atoms with Crippen molar-refractivity contribution in [2.75, 3.05) is 46.0 Å². The maximum atomic E-state index is 12.5. The Hall–Kier alpha value is -1.59. The molecule has 5 heteroatoms. The van der Waals surface area contributed by atoms with Crippen LogP contribution in [0, 0.1) is 0 Å². The minimum Gasteiger partial charge on any atom is -0.478 e. The fourth-order valence-corrected chi connectivity index (χ4v) is 3.02. The van der Waals surface area contributed by atoms with Gasteiger partial charge in [0.05, 0.1) is 0 Å². The van der Waals surface area contributed by atoms with Crippen LogP contribution in [0.5, 0.6) is 5.75 Å². The summed E-state index contributed by atoms with van der Waals surface area (Å²) in [6.45, 7) is 6.13. The molecule has 0 unspecified atom stereocenters. The highest BCUT2D eigenvalue weighted by Gasteiger charge is 2.18. The Bertz CT molecular complexity index is 494. The third-order valence-corrected chi connectivity index (χ3v) is 4.35. The van der Waals surface area contributed by atoms with Gasteiger partial charge in [-0.1, -0.05) is 12.5 Å². The molecule has 0 radical (unpaired) electrons.